The van der Waals surface area contributed by atoms with Gasteiger partial charge in [-0.05, 0) is 56.5 Å². The van der Waals surface area contributed by atoms with Gasteiger partial charge in [-0.25, -0.2) is 14.8 Å². The van der Waals surface area contributed by atoms with Crippen molar-refractivity contribution in [1.29, 1.82) is 0 Å². The van der Waals surface area contributed by atoms with Crippen molar-refractivity contribution in [3.63, 3.8) is 0 Å². The van der Waals surface area contributed by atoms with Gasteiger partial charge in [0.05, 0.1) is 29.1 Å². The maximum absolute atomic E-state index is 12.5. The summed E-state index contributed by atoms with van der Waals surface area (Å²) in [5.74, 6) is 1.18. The molecule has 2 atom stereocenters. The van der Waals surface area contributed by atoms with E-state index in [2.05, 4.69) is 43.5 Å². The van der Waals surface area contributed by atoms with E-state index in [1.165, 1.54) is 0 Å². The third-order valence-electron chi connectivity index (χ3n) is 6.91. The molecule has 1 saturated heterocycles. The number of nitrogens with zero attached hydrogens (tertiary/aromatic N) is 5. The van der Waals surface area contributed by atoms with E-state index >= 15 is 0 Å². The van der Waals surface area contributed by atoms with E-state index in [9.17, 15) is 9.59 Å². The first-order chi connectivity index (χ1) is 17.0. The van der Waals surface area contributed by atoms with Crippen LogP contribution >= 0.6 is 0 Å². The third-order valence-corrected chi connectivity index (χ3v) is 6.91. The normalized spacial score (nSPS) is 20.9. The highest BCUT2D eigenvalue weighted by atomic mass is 16.5. The number of benzene rings is 1. The molecule has 4 heterocycles. The van der Waals surface area contributed by atoms with Crippen molar-refractivity contribution in [3.8, 4) is 5.75 Å². The first-order valence-electron chi connectivity index (χ1n) is 12.0. The van der Waals surface area contributed by atoms with Crippen LogP contribution in [0.5, 0.6) is 5.75 Å². The Kier molecular flexibility index (Phi) is 5.25. The Morgan fingerprint density at radius 3 is 2.86 bits per heavy atom. The molecule has 2 fully saturated rings. The number of pyridine rings is 1. The van der Waals surface area contributed by atoms with Gasteiger partial charge in [0.25, 0.3) is 5.91 Å². The molecule has 1 amide bonds. The molecule has 180 valence electrons. The first-order valence-corrected chi connectivity index (χ1v) is 12.0. The van der Waals surface area contributed by atoms with E-state index in [1.807, 2.05) is 13.0 Å². The summed E-state index contributed by atoms with van der Waals surface area (Å²) in [5, 5.41) is 7.01. The van der Waals surface area contributed by atoms with E-state index < -0.39 is 0 Å². The number of nitrogens with one attached hydrogen (secondary N) is 2. The van der Waals surface area contributed by atoms with Crippen molar-refractivity contribution >= 4 is 34.7 Å². The predicted octanol–water partition coefficient (Wildman–Crippen LogP) is 2.44. The molecule has 6 rings (SSSR count). The molecule has 0 unspecified atom stereocenters. The number of likely N-dealkylation sites (tertiary alicyclic amines) is 1. The largest absolute Gasteiger partial charge is 0.486 e. The van der Waals surface area contributed by atoms with E-state index in [-0.39, 0.29) is 23.7 Å². The SMILES string of the molecule is CCn1c2c3c(cc(CN4C[C@H](Oc5ccc(C(=O)NC6CC6)nc5)[C@H]4C)cc3nc1=O)NC=N2. The quantitative estimate of drug-likeness (QED) is 0.542. The molecule has 35 heavy (non-hydrogen) atoms. The number of aliphatic imine (C=N–C) groups is 1. The minimum absolute atomic E-state index is 0.0356. The van der Waals surface area contributed by atoms with Gasteiger partial charge >= 0.3 is 5.69 Å². The minimum Gasteiger partial charge on any atom is -0.486 e. The van der Waals surface area contributed by atoms with E-state index in [1.54, 1.807) is 29.2 Å². The molecule has 3 aliphatic rings. The van der Waals surface area contributed by atoms with Gasteiger partial charge in [-0.1, -0.05) is 0 Å². The van der Waals surface area contributed by atoms with Crippen LogP contribution in [0, 0.1) is 0 Å². The first kappa shape index (κ1) is 21.7. The number of ether oxygens (including phenoxy) is 1. The van der Waals surface area contributed by atoms with Gasteiger partial charge in [0.15, 0.2) is 0 Å². The van der Waals surface area contributed by atoms with Crippen molar-refractivity contribution in [2.75, 3.05) is 11.9 Å². The molecular weight excluding hydrogens is 446 g/mol. The second-order valence-corrected chi connectivity index (χ2v) is 9.36. The molecular formula is C25H27N7O3. The number of anilines is 1. The molecule has 10 nitrogen and oxygen atoms in total. The number of rotatable bonds is 7. The van der Waals surface area contributed by atoms with Gasteiger partial charge in [-0.2, -0.15) is 4.98 Å². The van der Waals surface area contributed by atoms with Crippen LogP contribution in [0.1, 0.15) is 42.7 Å². The fourth-order valence-corrected chi connectivity index (χ4v) is 4.66. The summed E-state index contributed by atoms with van der Waals surface area (Å²) in [7, 11) is 0. The number of amides is 1. The summed E-state index contributed by atoms with van der Waals surface area (Å²) in [6.07, 6.45) is 5.37. The molecule has 0 bridgehead atoms. The van der Waals surface area contributed by atoms with E-state index in [4.69, 9.17) is 4.74 Å². The third kappa shape index (κ3) is 4.03. The molecule has 10 heteroatoms. The van der Waals surface area contributed by atoms with Crippen LogP contribution in [0.15, 0.2) is 40.2 Å². The summed E-state index contributed by atoms with van der Waals surface area (Å²) in [5.41, 5.74) is 2.77. The van der Waals surface area contributed by atoms with Gasteiger partial charge < -0.3 is 15.4 Å². The van der Waals surface area contributed by atoms with Gasteiger partial charge in [-0.3, -0.25) is 14.3 Å². The second-order valence-electron chi connectivity index (χ2n) is 9.36. The average molecular weight is 474 g/mol. The molecule has 1 aromatic carbocycles. The topological polar surface area (TPSA) is 114 Å². The maximum atomic E-state index is 12.5. The molecule has 0 spiro atoms. The minimum atomic E-state index is -0.285. The van der Waals surface area contributed by atoms with Gasteiger partial charge in [0, 0.05) is 31.7 Å². The lowest BCUT2D eigenvalue weighted by molar-refractivity contribution is -0.0414. The standard InChI is InChI=1S/C25H27N7O3/c1-3-32-23-22-19(27-13-28-23)8-15(9-20(22)30-25(32)34)11-31-12-21(14(31)2)35-17-6-7-18(26-10-17)24(33)29-16-4-5-16/h6-10,13-14,16,21H,3-5,11-12H2,1-2H3,(H,27,28)(H,29,33)/t14-,21+/m1/s1. The Labute approximate surface area is 202 Å². The van der Waals surface area contributed by atoms with Crippen LogP contribution in [0.4, 0.5) is 11.5 Å². The van der Waals surface area contributed by atoms with Crippen molar-refractivity contribution < 1.29 is 9.53 Å². The highest BCUT2D eigenvalue weighted by Gasteiger charge is 2.37. The van der Waals surface area contributed by atoms with Crippen molar-refractivity contribution in [2.45, 2.75) is 58.0 Å². The Morgan fingerprint density at radius 2 is 2.14 bits per heavy atom. The van der Waals surface area contributed by atoms with Crippen LogP contribution in [0.2, 0.25) is 0 Å². The summed E-state index contributed by atoms with van der Waals surface area (Å²) in [6, 6.07) is 8.09. The summed E-state index contributed by atoms with van der Waals surface area (Å²) >= 11 is 0. The number of carbonyl (C=O) groups excluding carboxylic acids is 1. The number of hydrogen-bond donors (Lipinski definition) is 2. The van der Waals surface area contributed by atoms with Gasteiger partial charge in [0.1, 0.15) is 23.4 Å². The highest BCUT2D eigenvalue weighted by molar-refractivity contribution is 6.06. The van der Waals surface area contributed by atoms with Gasteiger partial charge in [-0.15, -0.1) is 0 Å². The molecule has 2 aliphatic heterocycles. The van der Waals surface area contributed by atoms with Crippen LogP contribution < -0.4 is 21.1 Å². The van der Waals surface area contributed by atoms with Crippen molar-refractivity contribution in [3.05, 3.63) is 52.2 Å². The lowest BCUT2D eigenvalue weighted by atomic mass is 9.99. The summed E-state index contributed by atoms with van der Waals surface area (Å²) in [6.45, 7) is 6.05. The molecule has 1 aliphatic carbocycles. The Morgan fingerprint density at radius 1 is 1.29 bits per heavy atom. The predicted molar refractivity (Wildman–Crippen MR) is 132 cm³/mol. The fourth-order valence-electron chi connectivity index (χ4n) is 4.66. The second kappa shape index (κ2) is 8.46. The number of aromatic nitrogens is 3. The van der Waals surface area contributed by atoms with E-state index in [0.29, 0.717) is 35.4 Å². The summed E-state index contributed by atoms with van der Waals surface area (Å²) < 4.78 is 7.70. The smallest absolute Gasteiger partial charge is 0.349 e. The Balaban J connectivity index is 1.12. The van der Waals surface area contributed by atoms with Gasteiger partial charge in [0.2, 0.25) is 0 Å². The Hall–Kier alpha value is -3.79. The summed E-state index contributed by atoms with van der Waals surface area (Å²) in [4.78, 5) is 39.8. The zero-order valence-corrected chi connectivity index (χ0v) is 19.7. The fraction of sp³-hybridized carbons (Fsp3) is 0.400. The lowest BCUT2D eigenvalue weighted by Crippen LogP contribution is -2.60. The molecule has 2 N–H and O–H groups in total. The molecule has 1 saturated carbocycles. The highest BCUT2D eigenvalue weighted by Crippen LogP contribution is 2.35. The average Bonchev–Trinajstić information content (AvgIpc) is 3.67. The van der Waals surface area contributed by atoms with Crippen LogP contribution in [0.3, 0.4) is 0 Å². The number of carbonyl (C=O) groups is 1. The molecule has 3 aromatic rings. The zero-order chi connectivity index (χ0) is 24.1. The van der Waals surface area contributed by atoms with Crippen LogP contribution in [-0.4, -0.2) is 56.4 Å². The maximum Gasteiger partial charge on any atom is 0.349 e. The number of hydrogen-bond acceptors (Lipinski definition) is 8. The van der Waals surface area contributed by atoms with Crippen LogP contribution in [0.25, 0.3) is 10.9 Å². The van der Waals surface area contributed by atoms with Crippen molar-refractivity contribution in [1.82, 2.24) is 24.8 Å². The lowest BCUT2D eigenvalue weighted by Gasteiger charge is -2.45. The zero-order valence-electron chi connectivity index (χ0n) is 19.7. The molecule has 0 radical (unpaired) electrons. The van der Waals surface area contributed by atoms with E-state index in [0.717, 1.165) is 42.6 Å². The Bertz CT molecular complexity index is 1390. The van der Waals surface area contributed by atoms with Crippen LogP contribution in [-0.2, 0) is 13.1 Å². The molecule has 2 aromatic heterocycles. The van der Waals surface area contributed by atoms with Crippen molar-refractivity contribution in [2.24, 2.45) is 4.99 Å². The monoisotopic (exact) mass is 473 g/mol.